The Kier molecular flexibility index (Phi) is 2.84. The van der Waals surface area contributed by atoms with E-state index >= 15 is 0 Å². The van der Waals surface area contributed by atoms with Crippen LogP contribution in [0.25, 0.3) is 0 Å². The molecule has 14 heavy (non-hydrogen) atoms. The smallest absolute Gasteiger partial charge is 0.0537 e. The maximum Gasteiger partial charge on any atom is 0.0537 e. The van der Waals surface area contributed by atoms with Gasteiger partial charge in [-0.05, 0) is 32.2 Å². The van der Waals surface area contributed by atoms with Gasteiger partial charge in [0.25, 0.3) is 0 Å². The van der Waals surface area contributed by atoms with Crippen LogP contribution in [0.3, 0.4) is 0 Å². The van der Waals surface area contributed by atoms with Crippen LogP contribution in [0.4, 0.5) is 0 Å². The number of aliphatic hydroxyl groups excluding tert-OH is 1. The van der Waals surface area contributed by atoms with Crippen LogP contribution in [0.5, 0.6) is 0 Å². The molecule has 2 rings (SSSR count). The first-order valence-corrected chi connectivity index (χ1v) is 5.15. The minimum atomic E-state index is 0.301. The van der Waals surface area contributed by atoms with E-state index in [1.54, 1.807) is 0 Å². The van der Waals surface area contributed by atoms with Gasteiger partial charge in [0, 0.05) is 23.9 Å². The van der Waals surface area contributed by atoms with Gasteiger partial charge < -0.3 is 10.4 Å². The number of hydrogen-bond acceptors (Lipinski definition) is 3. The fourth-order valence-corrected chi connectivity index (χ4v) is 2.11. The molecule has 2 atom stereocenters. The van der Waals surface area contributed by atoms with E-state index in [1.807, 2.05) is 13.1 Å². The third-order valence-electron chi connectivity index (χ3n) is 3.01. The molecule has 4 heteroatoms. The molecule has 0 saturated carbocycles. The Morgan fingerprint density at radius 1 is 1.64 bits per heavy atom. The fraction of sp³-hybridized carbons (Fsp3) is 0.700. The molecule has 3 N–H and O–H groups in total. The van der Waals surface area contributed by atoms with Crippen molar-refractivity contribution < 1.29 is 5.11 Å². The summed E-state index contributed by atoms with van der Waals surface area (Å²) in [6.45, 7) is 3.32. The third-order valence-corrected chi connectivity index (χ3v) is 3.01. The minimum absolute atomic E-state index is 0.301. The topological polar surface area (TPSA) is 60.9 Å². The molecule has 2 unspecified atom stereocenters. The summed E-state index contributed by atoms with van der Waals surface area (Å²) in [5.41, 5.74) is 2.37. The summed E-state index contributed by atoms with van der Waals surface area (Å²) >= 11 is 0. The Bertz CT molecular complexity index is 297. The van der Waals surface area contributed by atoms with E-state index in [0.29, 0.717) is 18.6 Å². The molecule has 0 aromatic carbocycles. The number of H-pyrrole nitrogens is 1. The number of piperidine rings is 1. The Labute approximate surface area is 83.7 Å². The molecule has 2 heterocycles. The molecule has 1 fully saturated rings. The summed E-state index contributed by atoms with van der Waals surface area (Å²) in [7, 11) is 0. The second kappa shape index (κ2) is 4.11. The lowest BCUT2D eigenvalue weighted by Gasteiger charge is -2.29. The van der Waals surface area contributed by atoms with Crippen molar-refractivity contribution in [1.29, 1.82) is 0 Å². The quantitative estimate of drug-likeness (QED) is 0.652. The largest absolute Gasteiger partial charge is 0.396 e. The number of aromatic nitrogens is 2. The van der Waals surface area contributed by atoms with Gasteiger partial charge in [-0.25, -0.2) is 0 Å². The van der Waals surface area contributed by atoms with Gasteiger partial charge in [-0.1, -0.05) is 0 Å². The predicted octanol–water partition coefficient (Wildman–Crippen LogP) is 0.751. The van der Waals surface area contributed by atoms with E-state index < -0.39 is 0 Å². The standard InChI is InChI=1S/C10H17N3O/c1-7-9(5-12-13-7)10-4-8(6-14)2-3-11-10/h5,8,10-11,14H,2-4,6H2,1H3,(H,12,13). The van der Waals surface area contributed by atoms with Crippen LogP contribution >= 0.6 is 0 Å². The lowest BCUT2D eigenvalue weighted by atomic mass is 9.90. The molecule has 1 saturated heterocycles. The first kappa shape index (κ1) is 9.68. The second-order valence-corrected chi connectivity index (χ2v) is 4.03. The summed E-state index contributed by atoms with van der Waals surface area (Å²) in [5, 5.41) is 19.5. The summed E-state index contributed by atoms with van der Waals surface area (Å²) in [6.07, 6.45) is 3.97. The molecule has 4 nitrogen and oxygen atoms in total. The van der Waals surface area contributed by atoms with E-state index in [4.69, 9.17) is 5.11 Å². The highest BCUT2D eigenvalue weighted by Gasteiger charge is 2.23. The number of aryl methyl sites for hydroxylation is 1. The predicted molar refractivity (Wildman–Crippen MR) is 53.9 cm³/mol. The van der Waals surface area contributed by atoms with Gasteiger partial charge in [0.05, 0.1) is 6.20 Å². The first-order valence-electron chi connectivity index (χ1n) is 5.15. The molecule has 0 bridgehead atoms. The average Bonchev–Trinajstić information content (AvgIpc) is 2.65. The zero-order valence-corrected chi connectivity index (χ0v) is 8.45. The van der Waals surface area contributed by atoms with Crippen LogP contribution in [0.2, 0.25) is 0 Å². The highest BCUT2D eigenvalue weighted by molar-refractivity contribution is 5.19. The fourth-order valence-electron chi connectivity index (χ4n) is 2.11. The summed E-state index contributed by atoms with van der Waals surface area (Å²) in [5.74, 6) is 0.440. The number of nitrogens with zero attached hydrogens (tertiary/aromatic N) is 1. The Balaban J connectivity index is 2.08. The minimum Gasteiger partial charge on any atom is -0.396 e. The molecular formula is C10H17N3O. The molecule has 0 radical (unpaired) electrons. The molecule has 0 aliphatic carbocycles. The van der Waals surface area contributed by atoms with Gasteiger partial charge in [-0.2, -0.15) is 5.10 Å². The highest BCUT2D eigenvalue weighted by atomic mass is 16.3. The average molecular weight is 195 g/mol. The number of hydrogen-bond donors (Lipinski definition) is 3. The zero-order chi connectivity index (χ0) is 9.97. The van der Waals surface area contributed by atoms with Crippen LogP contribution in [-0.2, 0) is 0 Å². The molecule has 0 amide bonds. The van der Waals surface area contributed by atoms with Gasteiger partial charge in [0.1, 0.15) is 0 Å². The first-order chi connectivity index (χ1) is 6.81. The van der Waals surface area contributed by atoms with Crippen LogP contribution in [-0.4, -0.2) is 28.5 Å². The van der Waals surface area contributed by atoms with Crippen molar-refractivity contribution in [1.82, 2.24) is 15.5 Å². The number of nitrogens with one attached hydrogen (secondary N) is 2. The monoisotopic (exact) mass is 195 g/mol. The lowest BCUT2D eigenvalue weighted by Crippen LogP contribution is -2.33. The molecule has 78 valence electrons. The normalized spacial score (nSPS) is 27.9. The molecular weight excluding hydrogens is 178 g/mol. The van der Waals surface area contributed by atoms with Crippen LogP contribution in [0.15, 0.2) is 6.20 Å². The van der Waals surface area contributed by atoms with Crippen LogP contribution in [0.1, 0.15) is 30.1 Å². The summed E-state index contributed by atoms with van der Waals surface area (Å²) < 4.78 is 0. The molecule has 0 spiro atoms. The van der Waals surface area contributed by atoms with Gasteiger partial charge in [0.15, 0.2) is 0 Å². The molecule has 1 aromatic heterocycles. The van der Waals surface area contributed by atoms with E-state index in [1.165, 1.54) is 5.56 Å². The van der Waals surface area contributed by atoms with Crippen molar-refractivity contribution in [2.45, 2.75) is 25.8 Å². The van der Waals surface area contributed by atoms with Crippen molar-refractivity contribution in [3.05, 3.63) is 17.5 Å². The Hall–Kier alpha value is -0.870. The van der Waals surface area contributed by atoms with Gasteiger partial charge >= 0.3 is 0 Å². The van der Waals surface area contributed by atoms with Crippen molar-refractivity contribution in [3.8, 4) is 0 Å². The van der Waals surface area contributed by atoms with Crippen LogP contribution in [0, 0.1) is 12.8 Å². The van der Waals surface area contributed by atoms with E-state index in [9.17, 15) is 0 Å². The van der Waals surface area contributed by atoms with Crippen molar-refractivity contribution in [2.75, 3.05) is 13.2 Å². The van der Waals surface area contributed by atoms with E-state index in [2.05, 4.69) is 15.5 Å². The lowest BCUT2D eigenvalue weighted by molar-refractivity contribution is 0.176. The molecule has 1 aromatic rings. The van der Waals surface area contributed by atoms with Crippen LogP contribution < -0.4 is 5.32 Å². The van der Waals surface area contributed by atoms with E-state index in [-0.39, 0.29) is 0 Å². The summed E-state index contributed by atoms with van der Waals surface area (Å²) in [6, 6.07) is 0.361. The molecule has 1 aliphatic heterocycles. The third kappa shape index (κ3) is 1.81. The SMILES string of the molecule is Cc1[nH]ncc1C1CC(CO)CCN1. The van der Waals surface area contributed by atoms with Gasteiger partial charge in [-0.3, -0.25) is 5.10 Å². The van der Waals surface area contributed by atoms with Gasteiger partial charge in [-0.15, -0.1) is 0 Å². The Morgan fingerprint density at radius 2 is 2.50 bits per heavy atom. The number of aliphatic hydroxyl groups is 1. The Morgan fingerprint density at radius 3 is 3.14 bits per heavy atom. The maximum atomic E-state index is 9.12. The number of aromatic amines is 1. The second-order valence-electron chi connectivity index (χ2n) is 4.03. The maximum absolute atomic E-state index is 9.12. The number of rotatable bonds is 2. The van der Waals surface area contributed by atoms with E-state index in [0.717, 1.165) is 25.1 Å². The summed E-state index contributed by atoms with van der Waals surface area (Å²) in [4.78, 5) is 0. The van der Waals surface area contributed by atoms with Crippen molar-refractivity contribution in [2.24, 2.45) is 5.92 Å². The molecule has 1 aliphatic rings. The van der Waals surface area contributed by atoms with Crippen molar-refractivity contribution in [3.63, 3.8) is 0 Å². The van der Waals surface area contributed by atoms with Crippen molar-refractivity contribution >= 4 is 0 Å². The van der Waals surface area contributed by atoms with Gasteiger partial charge in [0.2, 0.25) is 0 Å². The zero-order valence-electron chi connectivity index (χ0n) is 8.45. The highest BCUT2D eigenvalue weighted by Crippen LogP contribution is 2.27.